The van der Waals surface area contributed by atoms with Crippen molar-refractivity contribution in [1.82, 2.24) is 9.55 Å². The van der Waals surface area contributed by atoms with Crippen molar-refractivity contribution < 1.29 is 4.74 Å². The summed E-state index contributed by atoms with van der Waals surface area (Å²) in [4.78, 5) is 4.25. The SMILES string of the molecule is Cc1ncn(CC2COC2)c1C. The van der Waals surface area contributed by atoms with Crippen molar-refractivity contribution in [2.24, 2.45) is 5.92 Å². The average molecular weight is 166 g/mol. The summed E-state index contributed by atoms with van der Waals surface area (Å²) < 4.78 is 7.33. The van der Waals surface area contributed by atoms with Crippen molar-refractivity contribution >= 4 is 0 Å². The van der Waals surface area contributed by atoms with Gasteiger partial charge in [0.1, 0.15) is 0 Å². The van der Waals surface area contributed by atoms with Gasteiger partial charge in [0.05, 0.1) is 25.2 Å². The Labute approximate surface area is 72.4 Å². The number of imidazole rings is 1. The van der Waals surface area contributed by atoms with Crippen molar-refractivity contribution in [3.8, 4) is 0 Å². The van der Waals surface area contributed by atoms with Crippen LogP contribution in [-0.4, -0.2) is 22.8 Å². The molecule has 0 aliphatic carbocycles. The number of aryl methyl sites for hydroxylation is 1. The lowest BCUT2D eigenvalue weighted by atomic mass is 10.1. The summed E-state index contributed by atoms with van der Waals surface area (Å²) in [6.07, 6.45) is 1.92. The first kappa shape index (κ1) is 7.80. The predicted molar refractivity (Wildman–Crippen MR) is 46.0 cm³/mol. The zero-order valence-electron chi connectivity index (χ0n) is 7.58. The number of nitrogens with zero attached hydrogens (tertiary/aromatic N) is 2. The Morgan fingerprint density at radius 2 is 2.33 bits per heavy atom. The molecule has 1 aromatic heterocycles. The normalized spacial score (nSPS) is 17.8. The Morgan fingerprint density at radius 1 is 1.58 bits per heavy atom. The lowest BCUT2D eigenvalue weighted by molar-refractivity contribution is -0.0396. The van der Waals surface area contributed by atoms with Crippen LogP contribution in [0.1, 0.15) is 11.4 Å². The molecule has 3 heteroatoms. The molecule has 1 fully saturated rings. The Balaban J connectivity index is 2.06. The third-order valence-electron chi connectivity index (χ3n) is 2.51. The highest BCUT2D eigenvalue weighted by Gasteiger charge is 2.19. The van der Waals surface area contributed by atoms with Crippen molar-refractivity contribution in [3.63, 3.8) is 0 Å². The van der Waals surface area contributed by atoms with Gasteiger partial charge in [-0.1, -0.05) is 0 Å². The maximum Gasteiger partial charge on any atom is 0.0951 e. The number of ether oxygens (including phenoxy) is 1. The van der Waals surface area contributed by atoms with E-state index in [2.05, 4.69) is 16.5 Å². The van der Waals surface area contributed by atoms with E-state index in [1.165, 1.54) is 5.69 Å². The molecule has 1 aliphatic heterocycles. The van der Waals surface area contributed by atoms with Crippen LogP contribution >= 0.6 is 0 Å². The van der Waals surface area contributed by atoms with E-state index in [0.717, 1.165) is 25.5 Å². The molecule has 1 saturated heterocycles. The van der Waals surface area contributed by atoms with Crippen LogP contribution in [0.2, 0.25) is 0 Å². The summed E-state index contributed by atoms with van der Waals surface area (Å²) in [7, 11) is 0. The lowest BCUT2D eigenvalue weighted by Gasteiger charge is -2.26. The van der Waals surface area contributed by atoms with Gasteiger partial charge in [0, 0.05) is 18.2 Å². The quantitative estimate of drug-likeness (QED) is 0.659. The fraction of sp³-hybridized carbons (Fsp3) is 0.667. The second kappa shape index (κ2) is 2.90. The molecule has 0 spiro atoms. The molecule has 0 N–H and O–H groups in total. The maximum atomic E-state index is 5.12. The summed E-state index contributed by atoms with van der Waals surface area (Å²) in [5.41, 5.74) is 2.41. The van der Waals surface area contributed by atoms with E-state index < -0.39 is 0 Å². The highest BCUT2D eigenvalue weighted by Crippen LogP contribution is 2.14. The summed E-state index contributed by atoms with van der Waals surface area (Å²) in [5.74, 6) is 0.706. The Kier molecular flexibility index (Phi) is 1.89. The topological polar surface area (TPSA) is 27.1 Å². The lowest BCUT2D eigenvalue weighted by Crippen LogP contribution is -2.31. The molecule has 1 aromatic rings. The molecule has 0 atom stereocenters. The molecular weight excluding hydrogens is 152 g/mol. The van der Waals surface area contributed by atoms with E-state index in [-0.39, 0.29) is 0 Å². The van der Waals surface area contributed by atoms with E-state index in [0.29, 0.717) is 5.92 Å². The van der Waals surface area contributed by atoms with Crippen LogP contribution in [0, 0.1) is 19.8 Å². The molecule has 0 saturated carbocycles. The minimum absolute atomic E-state index is 0.706. The first-order chi connectivity index (χ1) is 5.77. The summed E-state index contributed by atoms with van der Waals surface area (Å²) >= 11 is 0. The monoisotopic (exact) mass is 166 g/mol. The van der Waals surface area contributed by atoms with Gasteiger partial charge in [-0.15, -0.1) is 0 Å². The minimum Gasteiger partial charge on any atom is -0.381 e. The van der Waals surface area contributed by atoms with Crippen LogP contribution in [-0.2, 0) is 11.3 Å². The Hall–Kier alpha value is -0.830. The fourth-order valence-electron chi connectivity index (χ4n) is 1.40. The zero-order valence-corrected chi connectivity index (χ0v) is 7.58. The smallest absolute Gasteiger partial charge is 0.0951 e. The van der Waals surface area contributed by atoms with Gasteiger partial charge >= 0.3 is 0 Å². The third-order valence-corrected chi connectivity index (χ3v) is 2.51. The van der Waals surface area contributed by atoms with Gasteiger partial charge in [0.25, 0.3) is 0 Å². The molecule has 1 aliphatic rings. The zero-order chi connectivity index (χ0) is 8.55. The van der Waals surface area contributed by atoms with Gasteiger partial charge in [0.15, 0.2) is 0 Å². The van der Waals surface area contributed by atoms with Crippen molar-refractivity contribution in [2.45, 2.75) is 20.4 Å². The summed E-state index contributed by atoms with van der Waals surface area (Å²) in [6.45, 7) is 7.05. The van der Waals surface area contributed by atoms with E-state index in [1.807, 2.05) is 13.3 Å². The second-order valence-electron chi connectivity index (χ2n) is 3.47. The van der Waals surface area contributed by atoms with E-state index in [4.69, 9.17) is 4.74 Å². The van der Waals surface area contributed by atoms with Crippen LogP contribution in [0.25, 0.3) is 0 Å². The van der Waals surface area contributed by atoms with Gasteiger partial charge in [-0.3, -0.25) is 0 Å². The first-order valence-electron chi connectivity index (χ1n) is 4.33. The predicted octanol–water partition coefficient (Wildman–Crippen LogP) is 1.15. The molecule has 0 unspecified atom stereocenters. The molecule has 0 aromatic carbocycles. The number of hydrogen-bond acceptors (Lipinski definition) is 2. The Morgan fingerprint density at radius 3 is 2.75 bits per heavy atom. The maximum absolute atomic E-state index is 5.12. The van der Waals surface area contributed by atoms with Crippen molar-refractivity contribution in [2.75, 3.05) is 13.2 Å². The van der Waals surface area contributed by atoms with Crippen LogP contribution < -0.4 is 0 Å². The van der Waals surface area contributed by atoms with Crippen molar-refractivity contribution in [1.29, 1.82) is 0 Å². The summed E-state index contributed by atoms with van der Waals surface area (Å²) in [5, 5.41) is 0. The molecule has 0 amide bonds. The van der Waals surface area contributed by atoms with Gasteiger partial charge in [0.2, 0.25) is 0 Å². The molecule has 0 bridgehead atoms. The molecule has 3 nitrogen and oxygen atoms in total. The number of aromatic nitrogens is 2. The second-order valence-corrected chi connectivity index (χ2v) is 3.47. The van der Waals surface area contributed by atoms with E-state index in [9.17, 15) is 0 Å². The average Bonchev–Trinajstić information content (AvgIpc) is 2.27. The molecule has 66 valence electrons. The van der Waals surface area contributed by atoms with Crippen molar-refractivity contribution in [3.05, 3.63) is 17.7 Å². The molecule has 2 rings (SSSR count). The highest BCUT2D eigenvalue weighted by atomic mass is 16.5. The number of hydrogen-bond donors (Lipinski definition) is 0. The largest absolute Gasteiger partial charge is 0.381 e. The highest BCUT2D eigenvalue weighted by molar-refractivity contribution is 5.08. The van der Waals surface area contributed by atoms with E-state index in [1.54, 1.807) is 0 Å². The minimum atomic E-state index is 0.706. The first-order valence-corrected chi connectivity index (χ1v) is 4.33. The van der Waals surface area contributed by atoms with Gasteiger partial charge in [-0.2, -0.15) is 0 Å². The van der Waals surface area contributed by atoms with Crippen LogP contribution in [0.4, 0.5) is 0 Å². The Bertz CT molecular complexity index is 276. The molecule has 0 radical (unpaired) electrons. The van der Waals surface area contributed by atoms with Gasteiger partial charge in [-0.05, 0) is 13.8 Å². The fourth-order valence-corrected chi connectivity index (χ4v) is 1.40. The third kappa shape index (κ3) is 1.25. The van der Waals surface area contributed by atoms with Crippen LogP contribution in [0.5, 0.6) is 0 Å². The van der Waals surface area contributed by atoms with E-state index >= 15 is 0 Å². The van der Waals surface area contributed by atoms with Crippen LogP contribution in [0.3, 0.4) is 0 Å². The van der Waals surface area contributed by atoms with Gasteiger partial charge < -0.3 is 9.30 Å². The standard InChI is InChI=1S/C9H14N2O/c1-7-8(2)11(6-10-7)3-9-4-12-5-9/h6,9H,3-5H2,1-2H3. The molecule has 2 heterocycles. The molecular formula is C9H14N2O. The summed E-state index contributed by atoms with van der Waals surface area (Å²) in [6, 6.07) is 0. The number of rotatable bonds is 2. The molecule has 12 heavy (non-hydrogen) atoms. The van der Waals surface area contributed by atoms with Crippen LogP contribution in [0.15, 0.2) is 6.33 Å². The van der Waals surface area contributed by atoms with Gasteiger partial charge in [-0.25, -0.2) is 4.98 Å².